The van der Waals surface area contributed by atoms with Crippen molar-refractivity contribution < 1.29 is 0 Å². The molecule has 0 saturated carbocycles. The van der Waals surface area contributed by atoms with Gasteiger partial charge in [-0.25, -0.2) is 4.98 Å². The molecule has 2 aromatic heterocycles. The molecule has 2 rings (SSSR count). The molecule has 0 aromatic carbocycles. The van der Waals surface area contributed by atoms with Gasteiger partial charge in [-0.3, -0.25) is 4.79 Å². The predicted octanol–water partition coefficient (Wildman–Crippen LogP) is 3.37. The molecular weight excluding hydrogens is 270 g/mol. The summed E-state index contributed by atoms with van der Waals surface area (Å²) in [4.78, 5) is 17.0. The van der Waals surface area contributed by atoms with Crippen molar-refractivity contribution in [3.05, 3.63) is 33.6 Å². The third kappa shape index (κ3) is 3.10. The molecule has 0 atom stereocenters. The number of aryl methyl sites for hydroxylation is 1. The average Bonchev–Trinajstić information content (AvgIpc) is 2.87. The molecule has 0 bridgehead atoms. The summed E-state index contributed by atoms with van der Waals surface area (Å²) in [5, 5.41) is 5.75. The first kappa shape index (κ1) is 14.8. The van der Waals surface area contributed by atoms with Crippen LogP contribution >= 0.6 is 11.3 Å². The van der Waals surface area contributed by atoms with Crippen molar-refractivity contribution in [2.75, 3.05) is 12.4 Å². The van der Waals surface area contributed by atoms with Crippen molar-refractivity contribution in [1.82, 2.24) is 9.55 Å². The number of thiazole rings is 1. The molecule has 0 spiro atoms. The van der Waals surface area contributed by atoms with E-state index in [1.54, 1.807) is 0 Å². The molecule has 20 heavy (non-hydrogen) atoms. The first-order valence-electron chi connectivity index (χ1n) is 6.87. The number of nitrogens with one attached hydrogen (secondary N) is 1. The van der Waals surface area contributed by atoms with Crippen LogP contribution in [0.2, 0.25) is 0 Å². The Bertz CT molecular complexity index is 643. The number of rotatable bonds is 5. The first-order valence-corrected chi connectivity index (χ1v) is 7.75. The van der Waals surface area contributed by atoms with Gasteiger partial charge in [-0.2, -0.15) is 0 Å². The smallest absolute Gasteiger partial charge is 0.260 e. The molecule has 0 aliphatic carbocycles. The van der Waals surface area contributed by atoms with Crippen LogP contribution in [0.15, 0.2) is 22.3 Å². The Labute approximate surface area is 123 Å². The fourth-order valence-electron chi connectivity index (χ4n) is 2.04. The zero-order valence-electron chi connectivity index (χ0n) is 12.4. The lowest BCUT2D eigenvalue weighted by Crippen LogP contribution is -2.24. The highest BCUT2D eigenvalue weighted by molar-refractivity contribution is 7.14. The molecule has 0 amide bonds. The summed E-state index contributed by atoms with van der Waals surface area (Å²) in [6, 6.07) is 3.87. The summed E-state index contributed by atoms with van der Waals surface area (Å²) in [6.45, 7) is 7.08. The molecule has 0 fully saturated rings. The van der Waals surface area contributed by atoms with E-state index in [1.165, 1.54) is 11.3 Å². The molecule has 4 nitrogen and oxygen atoms in total. The largest absolute Gasteiger partial charge is 0.365 e. The van der Waals surface area contributed by atoms with E-state index < -0.39 is 0 Å². The summed E-state index contributed by atoms with van der Waals surface area (Å²) in [6.07, 6.45) is 1.00. The van der Waals surface area contributed by atoms with Gasteiger partial charge < -0.3 is 9.88 Å². The Hall–Kier alpha value is -1.62. The maximum Gasteiger partial charge on any atom is 0.260 e. The van der Waals surface area contributed by atoms with E-state index in [0.29, 0.717) is 11.5 Å². The minimum absolute atomic E-state index is 0.0543. The molecular formula is C15H21N3OS. The van der Waals surface area contributed by atoms with Crippen molar-refractivity contribution in [3.8, 4) is 11.3 Å². The Balaban J connectivity index is 2.40. The van der Waals surface area contributed by atoms with Gasteiger partial charge in [-0.05, 0) is 31.4 Å². The SMILES string of the molecule is CNc1nc(-c2ccc(C)n(CCC(C)C)c2=O)cs1. The minimum atomic E-state index is 0.0543. The number of hydrogen-bond acceptors (Lipinski definition) is 4. The highest BCUT2D eigenvalue weighted by Gasteiger charge is 2.11. The van der Waals surface area contributed by atoms with E-state index in [-0.39, 0.29) is 5.56 Å². The minimum Gasteiger partial charge on any atom is -0.365 e. The maximum absolute atomic E-state index is 12.6. The van der Waals surface area contributed by atoms with Gasteiger partial charge in [0.25, 0.3) is 5.56 Å². The van der Waals surface area contributed by atoms with Gasteiger partial charge in [0, 0.05) is 24.7 Å². The summed E-state index contributed by atoms with van der Waals surface area (Å²) in [5.41, 5.74) is 2.49. The Morgan fingerprint density at radius 3 is 2.75 bits per heavy atom. The number of anilines is 1. The molecule has 0 saturated heterocycles. The molecule has 0 aliphatic heterocycles. The lowest BCUT2D eigenvalue weighted by Gasteiger charge is -2.12. The van der Waals surface area contributed by atoms with E-state index in [9.17, 15) is 4.79 Å². The standard InChI is InChI=1S/C15H21N3OS/c1-10(2)7-8-18-11(3)5-6-12(14(18)19)13-9-20-15(16-4)17-13/h5-6,9-10H,7-8H2,1-4H3,(H,16,17). The van der Waals surface area contributed by atoms with Crippen LogP contribution in [0.1, 0.15) is 26.0 Å². The van der Waals surface area contributed by atoms with Gasteiger partial charge in [-0.1, -0.05) is 13.8 Å². The number of aromatic nitrogens is 2. The molecule has 0 radical (unpaired) electrons. The Kier molecular flexibility index (Phi) is 4.60. The van der Waals surface area contributed by atoms with E-state index in [2.05, 4.69) is 24.1 Å². The van der Waals surface area contributed by atoms with Crippen molar-refractivity contribution in [2.24, 2.45) is 5.92 Å². The van der Waals surface area contributed by atoms with Crippen molar-refractivity contribution >= 4 is 16.5 Å². The van der Waals surface area contributed by atoms with Gasteiger partial charge in [0.05, 0.1) is 11.3 Å². The van der Waals surface area contributed by atoms with Crippen LogP contribution in [-0.2, 0) is 6.54 Å². The highest BCUT2D eigenvalue weighted by Crippen LogP contribution is 2.22. The zero-order chi connectivity index (χ0) is 14.7. The normalized spacial score (nSPS) is 11.1. The quantitative estimate of drug-likeness (QED) is 0.918. The zero-order valence-corrected chi connectivity index (χ0v) is 13.3. The van der Waals surface area contributed by atoms with Crippen LogP contribution in [-0.4, -0.2) is 16.6 Å². The number of nitrogens with zero attached hydrogens (tertiary/aromatic N) is 2. The topological polar surface area (TPSA) is 46.9 Å². The third-order valence-electron chi connectivity index (χ3n) is 3.32. The van der Waals surface area contributed by atoms with E-state index in [1.807, 2.05) is 36.1 Å². The maximum atomic E-state index is 12.6. The molecule has 0 unspecified atom stereocenters. The number of pyridine rings is 1. The van der Waals surface area contributed by atoms with Gasteiger partial charge in [0.15, 0.2) is 5.13 Å². The van der Waals surface area contributed by atoms with E-state index >= 15 is 0 Å². The summed E-state index contributed by atoms with van der Waals surface area (Å²) < 4.78 is 1.85. The molecule has 108 valence electrons. The second-order valence-electron chi connectivity index (χ2n) is 5.32. The monoisotopic (exact) mass is 291 g/mol. The van der Waals surface area contributed by atoms with Crippen molar-refractivity contribution in [3.63, 3.8) is 0 Å². The fraction of sp³-hybridized carbons (Fsp3) is 0.467. The third-order valence-corrected chi connectivity index (χ3v) is 4.18. The molecule has 1 N–H and O–H groups in total. The van der Waals surface area contributed by atoms with Gasteiger partial charge >= 0.3 is 0 Å². The molecule has 2 aromatic rings. The average molecular weight is 291 g/mol. The molecule has 2 heterocycles. The highest BCUT2D eigenvalue weighted by atomic mass is 32.1. The van der Waals surface area contributed by atoms with Crippen LogP contribution in [0, 0.1) is 12.8 Å². The van der Waals surface area contributed by atoms with E-state index in [4.69, 9.17) is 0 Å². The van der Waals surface area contributed by atoms with Gasteiger partial charge in [0.1, 0.15) is 0 Å². The predicted molar refractivity (Wildman–Crippen MR) is 85.5 cm³/mol. The Morgan fingerprint density at radius 2 is 2.15 bits per heavy atom. The van der Waals surface area contributed by atoms with Crippen LogP contribution in [0.25, 0.3) is 11.3 Å². The van der Waals surface area contributed by atoms with Crippen molar-refractivity contribution in [1.29, 1.82) is 0 Å². The van der Waals surface area contributed by atoms with Crippen LogP contribution in [0.5, 0.6) is 0 Å². The molecule has 0 aliphatic rings. The summed E-state index contributed by atoms with van der Waals surface area (Å²) >= 11 is 1.51. The van der Waals surface area contributed by atoms with Gasteiger partial charge in [0.2, 0.25) is 0 Å². The van der Waals surface area contributed by atoms with Crippen molar-refractivity contribution in [2.45, 2.75) is 33.7 Å². The van der Waals surface area contributed by atoms with Gasteiger partial charge in [-0.15, -0.1) is 11.3 Å². The second kappa shape index (κ2) is 6.22. The lowest BCUT2D eigenvalue weighted by atomic mass is 10.1. The lowest BCUT2D eigenvalue weighted by molar-refractivity contribution is 0.502. The summed E-state index contributed by atoms with van der Waals surface area (Å²) in [5.74, 6) is 0.583. The fourth-order valence-corrected chi connectivity index (χ4v) is 2.72. The first-order chi connectivity index (χ1) is 9.52. The second-order valence-corrected chi connectivity index (χ2v) is 6.17. The number of hydrogen-bond donors (Lipinski definition) is 1. The molecule has 5 heteroatoms. The Morgan fingerprint density at radius 1 is 1.40 bits per heavy atom. The van der Waals surface area contributed by atoms with Crippen LogP contribution in [0.3, 0.4) is 0 Å². The van der Waals surface area contributed by atoms with Crippen LogP contribution in [0.4, 0.5) is 5.13 Å². The van der Waals surface area contributed by atoms with E-state index in [0.717, 1.165) is 29.5 Å². The van der Waals surface area contributed by atoms with Crippen LogP contribution < -0.4 is 10.9 Å². The summed E-state index contributed by atoms with van der Waals surface area (Å²) in [7, 11) is 1.83.